The molecule has 0 spiro atoms. The van der Waals surface area contributed by atoms with Crippen molar-refractivity contribution in [3.8, 4) is 5.75 Å². The molecule has 1 aromatic carbocycles. The van der Waals surface area contributed by atoms with Gasteiger partial charge in [-0.2, -0.15) is 0 Å². The molecule has 0 saturated heterocycles. The summed E-state index contributed by atoms with van der Waals surface area (Å²) in [4.78, 5) is 23.7. The second kappa shape index (κ2) is 6.96. The van der Waals surface area contributed by atoms with Gasteiger partial charge in [0.15, 0.2) is 5.76 Å². The van der Waals surface area contributed by atoms with E-state index >= 15 is 0 Å². The Labute approximate surface area is 143 Å². The smallest absolute Gasteiger partial charge is 0.339 e. The molecule has 6 nitrogen and oxygen atoms in total. The van der Waals surface area contributed by atoms with Crippen LogP contribution in [0.15, 0.2) is 28.7 Å². The van der Waals surface area contributed by atoms with Gasteiger partial charge in [0, 0.05) is 18.1 Å². The van der Waals surface area contributed by atoms with Crippen LogP contribution >= 0.6 is 0 Å². The van der Waals surface area contributed by atoms with Crippen LogP contribution in [-0.2, 0) is 6.42 Å². The van der Waals surface area contributed by atoms with Gasteiger partial charge in [0.1, 0.15) is 22.9 Å². The van der Waals surface area contributed by atoms with E-state index < -0.39 is 23.7 Å². The summed E-state index contributed by atoms with van der Waals surface area (Å²) in [5.74, 6) is -1.39. The fourth-order valence-corrected chi connectivity index (χ4v) is 2.91. The first-order valence-electron chi connectivity index (χ1n) is 8.08. The SMILES string of the molecule is CCc1oc(C(=O)NC2CCCOc3ccc(F)cc32)cc1C(=O)O. The molecule has 1 aliphatic heterocycles. The maximum absolute atomic E-state index is 13.6. The summed E-state index contributed by atoms with van der Waals surface area (Å²) in [5.41, 5.74) is 0.537. The Balaban J connectivity index is 1.86. The molecule has 0 saturated carbocycles. The summed E-state index contributed by atoms with van der Waals surface area (Å²) in [5, 5.41) is 12.0. The van der Waals surface area contributed by atoms with Crippen LogP contribution < -0.4 is 10.1 Å². The summed E-state index contributed by atoms with van der Waals surface area (Å²) in [7, 11) is 0. The first-order valence-corrected chi connectivity index (χ1v) is 8.08. The number of benzene rings is 1. The molecule has 2 aromatic rings. The fourth-order valence-electron chi connectivity index (χ4n) is 2.91. The highest BCUT2D eigenvalue weighted by molar-refractivity contribution is 5.96. The molecule has 1 unspecified atom stereocenters. The average molecular weight is 347 g/mol. The van der Waals surface area contributed by atoms with Crippen molar-refractivity contribution in [2.75, 3.05) is 6.61 Å². The number of carboxylic acids is 1. The Hall–Kier alpha value is -2.83. The quantitative estimate of drug-likeness (QED) is 0.886. The largest absolute Gasteiger partial charge is 0.493 e. The van der Waals surface area contributed by atoms with Gasteiger partial charge in [-0.1, -0.05) is 6.92 Å². The third-order valence-electron chi connectivity index (χ3n) is 4.13. The molecule has 2 heterocycles. The van der Waals surface area contributed by atoms with Crippen molar-refractivity contribution in [2.24, 2.45) is 0 Å². The number of rotatable bonds is 4. The molecule has 25 heavy (non-hydrogen) atoms. The normalized spacial score (nSPS) is 16.5. The van der Waals surface area contributed by atoms with Gasteiger partial charge in [0.05, 0.1) is 12.6 Å². The third-order valence-corrected chi connectivity index (χ3v) is 4.13. The highest BCUT2D eigenvalue weighted by atomic mass is 19.1. The second-order valence-electron chi connectivity index (χ2n) is 5.81. The summed E-state index contributed by atoms with van der Waals surface area (Å²) < 4.78 is 24.5. The number of furan rings is 1. The maximum Gasteiger partial charge on any atom is 0.339 e. The van der Waals surface area contributed by atoms with Crippen molar-refractivity contribution in [2.45, 2.75) is 32.2 Å². The molecule has 1 atom stereocenters. The zero-order chi connectivity index (χ0) is 18.0. The molecule has 0 bridgehead atoms. The van der Waals surface area contributed by atoms with Crippen LogP contribution in [0.5, 0.6) is 5.75 Å². The van der Waals surface area contributed by atoms with Gasteiger partial charge in [-0.3, -0.25) is 4.79 Å². The van der Waals surface area contributed by atoms with Crippen molar-refractivity contribution in [3.63, 3.8) is 0 Å². The number of carbonyl (C=O) groups is 2. The van der Waals surface area contributed by atoms with Crippen molar-refractivity contribution in [3.05, 3.63) is 52.7 Å². The van der Waals surface area contributed by atoms with Gasteiger partial charge in [0.2, 0.25) is 0 Å². The molecular formula is C18H18FNO5. The number of carbonyl (C=O) groups excluding carboxylic acids is 1. The van der Waals surface area contributed by atoms with Crippen molar-refractivity contribution < 1.29 is 28.2 Å². The van der Waals surface area contributed by atoms with Crippen LogP contribution in [0.2, 0.25) is 0 Å². The molecule has 0 radical (unpaired) electrons. The molecule has 7 heteroatoms. The van der Waals surface area contributed by atoms with E-state index in [2.05, 4.69) is 5.32 Å². The Morgan fingerprint density at radius 2 is 2.16 bits per heavy atom. The van der Waals surface area contributed by atoms with Crippen LogP contribution in [-0.4, -0.2) is 23.6 Å². The van der Waals surface area contributed by atoms with Crippen LogP contribution in [0, 0.1) is 5.82 Å². The van der Waals surface area contributed by atoms with Crippen molar-refractivity contribution in [1.82, 2.24) is 5.32 Å². The van der Waals surface area contributed by atoms with Gasteiger partial charge >= 0.3 is 5.97 Å². The first kappa shape index (κ1) is 17.0. The number of aryl methyl sites for hydroxylation is 1. The number of halogens is 1. The molecule has 132 valence electrons. The predicted molar refractivity (Wildman–Crippen MR) is 86.4 cm³/mol. The molecule has 2 N–H and O–H groups in total. The number of fused-ring (bicyclic) bond motifs is 1. The van der Waals surface area contributed by atoms with E-state index in [4.69, 9.17) is 14.3 Å². The predicted octanol–water partition coefficient (Wildman–Crippen LogP) is 3.32. The minimum atomic E-state index is -1.14. The van der Waals surface area contributed by atoms with E-state index in [0.717, 1.165) is 0 Å². The maximum atomic E-state index is 13.6. The Morgan fingerprint density at radius 3 is 2.84 bits per heavy atom. The Morgan fingerprint density at radius 1 is 1.36 bits per heavy atom. The molecular weight excluding hydrogens is 329 g/mol. The molecule has 1 amide bonds. The zero-order valence-corrected chi connectivity index (χ0v) is 13.7. The lowest BCUT2D eigenvalue weighted by Gasteiger charge is -2.17. The summed E-state index contributed by atoms with van der Waals surface area (Å²) in [6, 6.07) is 4.97. The number of amides is 1. The van der Waals surface area contributed by atoms with Gasteiger partial charge < -0.3 is 19.6 Å². The monoisotopic (exact) mass is 347 g/mol. The van der Waals surface area contributed by atoms with Crippen LogP contribution in [0.1, 0.15) is 58.0 Å². The van der Waals surface area contributed by atoms with E-state index in [1.807, 2.05) is 0 Å². The first-order chi connectivity index (χ1) is 12.0. The van der Waals surface area contributed by atoms with Crippen LogP contribution in [0.25, 0.3) is 0 Å². The Bertz CT molecular complexity index is 814. The highest BCUT2D eigenvalue weighted by Crippen LogP contribution is 2.32. The summed E-state index contributed by atoms with van der Waals surface area (Å²) in [6.45, 7) is 2.23. The number of carboxylic acid groups (broad SMARTS) is 1. The van der Waals surface area contributed by atoms with Crippen molar-refractivity contribution >= 4 is 11.9 Å². The van der Waals surface area contributed by atoms with E-state index in [1.165, 1.54) is 18.2 Å². The minimum Gasteiger partial charge on any atom is -0.493 e. The lowest BCUT2D eigenvalue weighted by atomic mass is 10.0. The molecule has 3 rings (SSSR count). The topological polar surface area (TPSA) is 88.8 Å². The van der Waals surface area contributed by atoms with E-state index in [-0.39, 0.29) is 17.1 Å². The van der Waals surface area contributed by atoms with Gasteiger partial charge in [-0.25, -0.2) is 9.18 Å². The number of aromatic carboxylic acids is 1. The van der Waals surface area contributed by atoms with E-state index in [0.29, 0.717) is 37.2 Å². The number of ether oxygens (including phenoxy) is 1. The Kier molecular flexibility index (Phi) is 4.74. The second-order valence-corrected chi connectivity index (χ2v) is 5.81. The van der Waals surface area contributed by atoms with E-state index in [1.54, 1.807) is 13.0 Å². The number of nitrogens with one attached hydrogen (secondary N) is 1. The molecule has 1 aromatic heterocycles. The van der Waals surface area contributed by atoms with E-state index in [9.17, 15) is 14.0 Å². The lowest BCUT2D eigenvalue weighted by molar-refractivity contribution is 0.0694. The van der Waals surface area contributed by atoms with Gasteiger partial charge in [-0.15, -0.1) is 0 Å². The lowest BCUT2D eigenvalue weighted by Crippen LogP contribution is -2.28. The van der Waals surface area contributed by atoms with Gasteiger partial charge in [-0.05, 0) is 31.0 Å². The van der Waals surface area contributed by atoms with Crippen molar-refractivity contribution in [1.29, 1.82) is 0 Å². The fraction of sp³-hybridized carbons (Fsp3) is 0.333. The van der Waals surface area contributed by atoms with Gasteiger partial charge in [0.25, 0.3) is 5.91 Å². The summed E-state index contributed by atoms with van der Waals surface area (Å²) >= 11 is 0. The standard InChI is InChI=1S/C18H18FNO5/c1-2-14-12(18(22)23)9-16(25-14)17(21)20-13-4-3-7-24-15-6-5-10(19)8-11(13)15/h5-6,8-9,13H,2-4,7H2,1H3,(H,20,21)(H,22,23). The molecule has 0 aliphatic carbocycles. The number of hydrogen-bond donors (Lipinski definition) is 2. The third kappa shape index (κ3) is 3.50. The molecule has 0 fully saturated rings. The minimum absolute atomic E-state index is 0.0247. The molecule has 1 aliphatic rings. The average Bonchev–Trinajstić information content (AvgIpc) is 2.94. The number of hydrogen-bond acceptors (Lipinski definition) is 4. The summed E-state index contributed by atoms with van der Waals surface area (Å²) in [6.07, 6.45) is 1.63. The van der Waals surface area contributed by atoms with Crippen LogP contribution in [0.4, 0.5) is 4.39 Å². The highest BCUT2D eigenvalue weighted by Gasteiger charge is 2.25. The van der Waals surface area contributed by atoms with Crippen LogP contribution in [0.3, 0.4) is 0 Å². The zero-order valence-electron chi connectivity index (χ0n) is 13.7.